The van der Waals surface area contributed by atoms with E-state index in [1.165, 1.54) is 11.1 Å². The van der Waals surface area contributed by atoms with Crippen LogP contribution in [0.25, 0.3) is 11.1 Å². The first-order valence-corrected chi connectivity index (χ1v) is 9.24. The number of benzene rings is 1. The van der Waals surface area contributed by atoms with Gasteiger partial charge in [-0.15, -0.1) is 0 Å². The zero-order chi connectivity index (χ0) is 18.6. The molecule has 0 atom stereocenters. The van der Waals surface area contributed by atoms with Gasteiger partial charge in [0, 0.05) is 43.8 Å². The van der Waals surface area contributed by atoms with Gasteiger partial charge >= 0.3 is 0 Å². The van der Waals surface area contributed by atoms with E-state index >= 15 is 0 Å². The van der Waals surface area contributed by atoms with Gasteiger partial charge in [0.1, 0.15) is 5.69 Å². The van der Waals surface area contributed by atoms with Crippen LogP contribution in [0.5, 0.6) is 0 Å². The maximum atomic E-state index is 13.2. The number of nitrogens with zero attached hydrogens (tertiary/aromatic N) is 3. The third kappa shape index (κ3) is 3.78. The fraction of sp³-hybridized carbons (Fsp3) is 0.273. The highest BCUT2D eigenvalue weighted by molar-refractivity contribution is 5.94. The van der Waals surface area contributed by atoms with Crippen LogP contribution in [0, 0.1) is 6.92 Å². The molecule has 1 aliphatic heterocycles. The number of amides is 1. The van der Waals surface area contributed by atoms with Crippen molar-refractivity contribution in [2.75, 3.05) is 26.3 Å². The van der Waals surface area contributed by atoms with Crippen molar-refractivity contribution in [3.63, 3.8) is 0 Å². The third-order valence-corrected chi connectivity index (χ3v) is 5.03. The van der Waals surface area contributed by atoms with Gasteiger partial charge in [-0.3, -0.25) is 9.78 Å². The molecule has 1 saturated heterocycles. The summed E-state index contributed by atoms with van der Waals surface area (Å²) < 4.78 is 7.46. The molecule has 3 aromatic rings. The molecule has 5 heteroatoms. The molecule has 1 aliphatic rings. The fourth-order valence-electron chi connectivity index (χ4n) is 3.42. The highest BCUT2D eigenvalue weighted by Gasteiger charge is 2.23. The van der Waals surface area contributed by atoms with E-state index < -0.39 is 0 Å². The van der Waals surface area contributed by atoms with Gasteiger partial charge in [0.15, 0.2) is 0 Å². The van der Waals surface area contributed by atoms with E-state index in [-0.39, 0.29) is 5.91 Å². The predicted octanol–water partition coefficient (Wildman–Crippen LogP) is 3.38. The minimum absolute atomic E-state index is 0.0622. The molecule has 2 aromatic heterocycles. The maximum Gasteiger partial charge on any atom is 0.270 e. The van der Waals surface area contributed by atoms with Crippen LogP contribution in [0.15, 0.2) is 61.1 Å². The minimum atomic E-state index is 0.0622. The molecular weight excluding hydrogens is 338 g/mol. The number of carbonyl (C=O) groups excluding carboxylic acids is 1. The summed E-state index contributed by atoms with van der Waals surface area (Å²) in [5.41, 5.74) is 5.24. The normalized spacial score (nSPS) is 14.3. The van der Waals surface area contributed by atoms with Crippen molar-refractivity contribution < 1.29 is 9.53 Å². The lowest BCUT2D eigenvalue weighted by atomic mass is 10.1. The van der Waals surface area contributed by atoms with E-state index in [4.69, 9.17) is 4.74 Å². The molecule has 0 N–H and O–H groups in total. The number of pyridine rings is 1. The number of morpholine rings is 1. The second-order valence-corrected chi connectivity index (χ2v) is 6.81. The molecule has 138 valence electrons. The molecule has 0 saturated carbocycles. The summed E-state index contributed by atoms with van der Waals surface area (Å²) >= 11 is 0. The van der Waals surface area contributed by atoms with Crippen LogP contribution in [0.4, 0.5) is 0 Å². The number of hydrogen-bond donors (Lipinski definition) is 0. The van der Waals surface area contributed by atoms with Crippen LogP contribution in [-0.4, -0.2) is 46.7 Å². The number of hydrogen-bond acceptors (Lipinski definition) is 3. The Hall–Kier alpha value is -2.92. The summed E-state index contributed by atoms with van der Waals surface area (Å²) in [5, 5.41) is 0. The number of ether oxygens (including phenoxy) is 1. The van der Waals surface area contributed by atoms with E-state index in [1.54, 1.807) is 12.4 Å². The standard InChI is InChI=1S/C22H23N3O2/c1-17-4-2-3-5-19(17)15-25-16-20(18-6-8-23-9-7-18)14-21(25)22(26)24-10-12-27-13-11-24/h2-9,14,16H,10-13,15H2,1H3. The molecule has 4 rings (SSSR count). The zero-order valence-corrected chi connectivity index (χ0v) is 15.5. The van der Waals surface area contributed by atoms with Crippen molar-refractivity contribution in [1.29, 1.82) is 0 Å². The molecule has 27 heavy (non-hydrogen) atoms. The van der Waals surface area contributed by atoms with Crippen LogP contribution in [0.1, 0.15) is 21.6 Å². The summed E-state index contributed by atoms with van der Waals surface area (Å²) in [6.45, 7) is 5.25. The summed E-state index contributed by atoms with van der Waals surface area (Å²) in [6.07, 6.45) is 5.62. The molecule has 0 bridgehead atoms. The summed E-state index contributed by atoms with van der Waals surface area (Å²) in [5.74, 6) is 0.0622. The highest BCUT2D eigenvalue weighted by Crippen LogP contribution is 2.24. The van der Waals surface area contributed by atoms with Crippen molar-refractivity contribution in [1.82, 2.24) is 14.5 Å². The lowest BCUT2D eigenvalue weighted by Gasteiger charge is -2.27. The first kappa shape index (κ1) is 17.5. The molecule has 3 heterocycles. The summed E-state index contributed by atoms with van der Waals surface area (Å²) in [4.78, 5) is 19.1. The molecule has 0 spiro atoms. The number of rotatable bonds is 4. The fourth-order valence-corrected chi connectivity index (χ4v) is 3.42. The Balaban J connectivity index is 1.72. The molecule has 1 fully saturated rings. The number of aryl methyl sites for hydroxylation is 1. The predicted molar refractivity (Wildman–Crippen MR) is 105 cm³/mol. The Kier molecular flexibility index (Phi) is 5.03. The van der Waals surface area contributed by atoms with Gasteiger partial charge in [-0.2, -0.15) is 0 Å². The molecule has 0 radical (unpaired) electrons. The lowest BCUT2D eigenvalue weighted by Crippen LogP contribution is -2.41. The Bertz CT molecular complexity index is 928. The molecule has 5 nitrogen and oxygen atoms in total. The lowest BCUT2D eigenvalue weighted by molar-refractivity contribution is 0.0296. The van der Waals surface area contributed by atoms with Gasteiger partial charge < -0.3 is 14.2 Å². The Labute approximate surface area is 159 Å². The second-order valence-electron chi connectivity index (χ2n) is 6.81. The van der Waals surface area contributed by atoms with Gasteiger partial charge in [0.25, 0.3) is 5.91 Å². The molecular formula is C22H23N3O2. The van der Waals surface area contributed by atoms with Gasteiger partial charge in [-0.1, -0.05) is 24.3 Å². The highest BCUT2D eigenvalue weighted by atomic mass is 16.5. The molecule has 0 unspecified atom stereocenters. The largest absolute Gasteiger partial charge is 0.378 e. The third-order valence-electron chi connectivity index (χ3n) is 5.03. The Morgan fingerprint density at radius 2 is 1.81 bits per heavy atom. The van der Waals surface area contributed by atoms with Gasteiger partial charge in [0.05, 0.1) is 13.2 Å². The second kappa shape index (κ2) is 7.76. The molecule has 1 amide bonds. The number of aromatic nitrogens is 2. The average molecular weight is 361 g/mol. The summed E-state index contributed by atoms with van der Waals surface area (Å²) in [7, 11) is 0. The van der Waals surface area contributed by atoms with Crippen molar-refractivity contribution in [3.05, 3.63) is 77.9 Å². The van der Waals surface area contributed by atoms with Crippen LogP contribution in [0.2, 0.25) is 0 Å². The van der Waals surface area contributed by atoms with E-state index in [9.17, 15) is 4.79 Å². The summed E-state index contributed by atoms with van der Waals surface area (Å²) in [6, 6.07) is 14.2. The van der Waals surface area contributed by atoms with Crippen molar-refractivity contribution in [3.8, 4) is 11.1 Å². The van der Waals surface area contributed by atoms with Crippen molar-refractivity contribution >= 4 is 5.91 Å². The van der Waals surface area contributed by atoms with Crippen LogP contribution in [-0.2, 0) is 11.3 Å². The minimum Gasteiger partial charge on any atom is -0.378 e. The van der Waals surface area contributed by atoms with E-state index in [0.717, 1.165) is 11.1 Å². The van der Waals surface area contributed by atoms with E-state index in [2.05, 4.69) is 34.8 Å². The molecule has 0 aliphatic carbocycles. The average Bonchev–Trinajstić information content (AvgIpc) is 3.14. The van der Waals surface area contributed by atoms with E-state index in [0.29, 0.717) is 38.5 Å². The maximum absolute atomic E-state index is 13.2. The first-order valence-electron chi connectivity index (χ1n) is 9.24. The monoisotopic (exact) mass is 361 g/mol. The van der Waals surface area contributed by atoms with E-state index in [1.807, 2.05) is 35.2 Å². The topological polar surface area (TPSA) is 47.4 Å². The van der Waals surface area contributed by atoms with Gasteiger partial charge in [-0.05, 0) is 41.8 Å². The van der Waals surface area contributed by atoms with Gasteiger partial charge in [-0.25, -0.2) is 0 Å². The number of carbonyl (C=O) groups is 1. The van der Waals surface area contributed by atoms with Gasteiger partial charge in [0.2, 0.25) is 0 Å². The van der Waals surface area contributed by atoms with Crippen LogP contribution in [0.3, 0.4) is 0 Å². The van der Waals surface area contributed by atoms with Crippen molar-refractivity contribution in [2.24, 2.45) is 0 Å². The Morgan fingerprint density at radius 3 is 2.56 bits per heavy atom. The van der Waals surface area contributed by atoms with Crippen molar-refractivity contribution in [2.45, 2.75) is 13.5 Å². The zero-order valence-electron chi connectivity index (χ0n) is 15.5. The van der Waals surface area contributed by atoms with Crippen LogP contribution < -0.4 is 0 Å². The Morgan fingerprint density at radius 1 is 1.07 bits per heavy atom. The quantitative estimate of drug-likeness (QED) is 0.716. The smallest absolute Gasteiger partial charge is 0.270 e. The SMILES string of the molecule is Cc1ccccc1Cn1cc(-c2ccncc2)cc1C(=O)N1CCOCC1. The van der Waals surface area contributed by atoms with Crippen LogP contribution >= 0.6 is 0 Å². The first-order chi connectivity index (χ1) is 13.2. The molecule has 1 aromatic carbocycles.